The smallest absolute Gasteiger partial charge is 0.133 e. The van der Waals surface area contributed by atoms with Crippen LogP contribution in [0.15, 0.2) is 35.1 Å². The number of ether oxygens (including phenoxy) is 1. The van der Waals surface area contributed by atoms with Gasteiger partial charge in [0, 0.05) is 17.8 Å². The van der Waals surface area contributed by atoms with Crippen molar-refractivity contribution in [1.82, 2.24) is 15.1 Å². The molecule has 1 unspecified atom stereocenters. The van der Waals surface area contributed by atoms with Crippen LogP contribution in [0, 0.1) is 0 Å². The summed E-state index contributed by atoms with van der Waals surface area (Å²) in [5.41, 5.74) is 2.37. The molecule has 0 bridgehead atoms. The summed E-state index contributed by atoms with van der Waals surface area (Å²) in [6.07, 6.45) is 3.97. The fourth-order valence-electron chi connectivity index (χ4n) is 1.85. The molecule has 2 rings (SSSR count). The molecule has 0 amide bonds. The molecule has 4 nitrogen and oxygen atoms in total. The number of hydrogen-bond donors (Lipinski definition) is 1. The molecular formula is C14H18BrN3O. The summed E-state index contributed by atoms with van der Waals surface area (Å²) in [5.74, 6) is 0.841. The Kier molecular flexibility index (Phi) is 4.61. The summed E-state index contributed by atoms with van der Waals surface area (Å²) < 4.78 is 8.13. The fourth-order valence-corrected chi connectivity index (χ4v) is 2.44. The van der Waals surface area contributed by atoms with Crippen LogP contribution in [0.1, 0.15) is 24.1 Å². The van der Waals surface area contributed by atoms with Gasteiger partial charge in [-0.3, -0.25) is 4.68 Å². The molecule has 0 fully saturated rings. The predicted octanol–water partition coefficient (Wildman–Crippen LogP) is 2.98. The highest BCUT2D eigenvalue weighted by Crippen LogP contribution is 2.25. The average molecular weight is 324 g/mol. The number of rotatable bonds is 5. The van der Waals surface area contributed by atoms with Gasteiger partial charge in [0.1, 0.15) is 5.75 Å². The first-order valence-electron chi connectivity index (χ1n) is 6.16. The zero-order chi connectivity index (χ0) is 13.8. The fraction of sp³-hybridized carbons (Fsp3) is 0.357. The van der Waals surface area contributed by atoms with Crippen LogP contribution in [0.25, 0.3) is 0 Å². The van der Waals surface area contributed by atoms with Crippen molar-refractivity contribution in [2.24, 2.45) is 0 Å². The Balaban J connectivity index is 2.12. The Labute approximate surface area is 121 Å². The Morgan fingerprint density at radius 2 is 2.26 bits per heavy atom. The maximum absolute atomic E-state index is 5.22. The number of nitrogens with zero attached hydrogens (tertiary/aromatic N) is 2. The molecule has 1 heterocycles. The maximum Gasteiger partial charge on any atom is 0.133 e. The zero-order valence-electron chi connectivity index (χ0n) is 11.4. The summed E-state index contributed by atoms with van der Waals surface area (Å²) in [6.45, 7) is 2.87. The second kappa shape index (κ2) is 6.21. The van der Waals surface area contributed by atoms with E-state index in [2.05, 4.69) is 45.5 Å². The van der Waals surface area contributed by atoms with E-state index < -0.39 is 0 Å². The van der Waals surface area contributed by atoms with Gasteiger partial charge in [-0.2, -0.15) is 5.10 Å². The number of halogens is 1. The summed E-state index contributed by atoms with van der Waals surface area (Å²) in [6, 6.07) is 6.38. The molecule has 102 valence electrons. The second-order valence-electron chi connectivity index (χ2n) is 4.45. The number of benzene rings is 1. The van der Waals surface area contributed by atoms with Crippen LogP contribution < -0.4 is 10.1 Å². The van der Waals surface area contributed by atoms with Crippen molar-refractivity contribution in [1.29, 1.82) is 0 Å². The van der Waals surface area contributed by atoms with Gasteiger partial charge in [0.05, 0.1) is 24.3 Å². The molecule has 0 spiro atoms. The average Bonchev–Trinajstić information content (AvgIpc) is 2.86. The van der Waals surface area contributed by atoms with Gasteiger partial charge in [0.15, 0.2) is 0 Å². The van der Waals surface area contributed by atoms with E-state index in [0.29, 0.717) is 6.04 Å². The lowest BCUT2D eigenvalue weighted by molar-refractivity contribution is 0.412. The highest BCUT2D eigenvalue weighted by atomic mass is 79.9. The van der Waals surface area contributed by atoms with Gasteiger partial charge in [-0.15, -0.1) is 0 Å². The van der Waals surface area contributed by atoms with Crippen molar-refractivity contribution in [3.8, 4) is 5.75 Å². The lowest BCUT2D eigenvalue weighted by atomic mass is 10.2. The van der Waals surface area contributed by atoms with E-state index in [-0.39, 0.29) is 0 Å². The topological polar surface area (TPSA) is 39.1 Å². The summed E-state index contributed by atoms with van der Waals surface area (Å²) in [5, 5.41) is 7.59. The highest BCUT2D eigenvalue weighted by Gasteiger charge is 2.07. The zero-order valence-corrected chi connectivity index (χ0v) is 12.9. The molecule has 19 heavy (non-hydrogen) atoms. The molecule has 0 aliphatic heterocycles. The van der Waals surface area contributed by atoms with Crippen molar-refractivity contribution < 1.29 is 4.74 Å². The monoisotopic (exact) mass is 323 g/mol. The van der Waals surface area contributed by atoms with Crippen LogP contribution in [0.4, 0.5) is 0 Å². The number of methoxy groups -OCH3 is 1. The first-order valence-corrected chi connectivity index (χ1v) is 6.95. The first-order chi connectivity index (χ1) is 9.13. The van der Waals surface area contributed by atoms with Gasteiger partial charge in [0.2, 0.25) is 0 Å². The van der Waals surface area contributed by atoms with E-state index >= 15 is 0 Å². The largest absolute Gasteiger partial charge is 0.496 e. The summed E-state index contributed by atoms with van der Waals surface area (Å²) in [4.78, 5) is 0. The van der Waals surface area contributed by atoms with Crippen LogP contribution in [-0.2, 0) is 6.54 Å². The first kappa shape index (κ1) is 14.1. The van der Waals surface area contributed by atoms with Crippen LogP contribution in [0.2, 0.25) is 0 Å². The minimum atomic E-state index is 0.316. The van der Waals surface area contributed by atoms with E-state index in [9.17, 15) is 0 Å². The van der Waals surface area contributed by atoms with Crippen molar-refractivity contribution in [3.05, 3.63) is 46.2 Å². The van der Waals surface area contributed by atoms with Crippen LogP contribution >= 0.6 is 15.9 Å². The van der Waals surface area contributed by atoms with E-state index in [0.717, 1.165) is 16.8 Å². The third-order valence-corrected chi connectivity index (χ3v) is 3.77. The standard InChI is InChI=1S/C14H18BrN3O/c1-10(16-2)12-7-17-18(9-12)8-11-4-5-14(19-3)13(15)6-11/h4-7,9-10,16H,8H2,1-3H3. The van der Waals surface area contributed by atoms with Crippen molar-refractivity contribution >= 4 is 15.9 Å². The van der Waals surface area contributed by atoms with Crippen LogP contribution in [0.3, 0.4) is 0 Å². The minimum absolute atomic E-state index is 0.316. The summed E-state index contributed by atoms with van der Waals surface area (Å²) in [7, 11) is 3.61. The van der Waals surface area contributed by atoms with Crippen molar-refractivity contribution in [2.75, 3.05) is 14.2 Å². The summed E-state index contributed by atoms with van der Waals surface area (Å²) >= 11 is 3.50. The molecule has 0 saturated carbocycles. The van der Waals surface area contributed by atoms with E-state index in [1.807, 2.05) is 30.1 Å². The van der Waals surface area contributed by atoms with Crippen LogP contribution in [0.5, 0.6) is 5.75 Å². The maximum atomic E-state index is 5.22. The van der Waals surface area contributed by atoms with Crippen LogP contribution in [-0.4, -0.2) is 23.9 Å². The minimum Gasteiger partial charge on any atom is -0.496 e. The van der Waals surface area contributed by atoms with E-state index in [1.54, 1.807) is 7.11 Å². The Hall–Kier alpha value is -1.33. The molecule has 0 saturated heterocycles. The molecule has 1 aromatic carbocycles. The van der Waals surface area contributed by atoms with Crippen molar-refractivity contribution in [2.45, 2.75) is 19.5 Å². The van der Waals surface area contributed by atoms with Gasteiger partial charge in [-0.05, 0) is 47.6 Å². The molecule has 5 heteroatoms. The van der Waals surface area contributed by atoms with Crippen molar-refractivity contribution in [3.63, 3.8) is 0 Å². The number of hydrogen-bond acceptors (Lipinski definition) is 3. The van der Waals surface area contributed by atoms with Gasteiger partial charge >= 0.3 is 0 Å². The van der Waals surface area contributed by atoms with Gasteiger partial charge in [0.25, 0.3) is 0 Å². The highest BCUT2D eigenvalue weighted by molar-refractivity contribution is 9.10. The SMILES string of the molecule is CNC(C)c1cnn(Cc2ccc(OC)c(Br)c2)c1. The molecule has 1 atom stereocenters. The molecule has 1 N–H and O–H groups in total. The third kappa shape index (κ3) is 3.36. The molecule has 0 radical (unpaired) electrons. The van der Waals surface area contributed by atoms with E-state index in [4.69, 9.17) is 4.74 Å². The normalized spacial score (nSPS) is 12.4. The van der Waals surface area contributed by atoms with Gasteiger partial charge < -0.3 is 10.1 Å². The Bertz CT molecular complexity index is 553. The lowest BCUT2D eigenvalue weighted by Gasteiger charge is -2.07. The van der Waals surface area contributed by atoms with E-state index in [1.165, 1.54) is 11.1 Å². The lowest BCUT2D eigenvalue weighted by Crippen LogP contribution is -2.11. The Morgan fingerprint density at radius 1 is 1.47 bits per heavy atom. The molecule has 0 aliphatic rings. The molecule has 0 aliphatic carbocycles. The third-order valence-electron chi connectivity index (χ3n) is 3.15. The Morgan fingerprint density at radius 3 is 2.89 bits per heavy atom. The quantitative estimate of drug-likeness (QED) is 0.919. The molecule has 1 aromatic heterocycles. The molecule has 2 aromatic rings. The van der Waals surface area contributed by atoms with Gasteiger partial charge in [-0.1, -0.05) is 6.07 Å². The molecular weight excluding hydrogens is 306 g/mol. The predicted molar refractivity (Wildman–Crippen MR) is 79.5 cm³/mol. The number of nitrogens with one attached hydrogen (secondary N) is 1. The number of aromatic nitrogens is 2. The van der Waals surface area contributed by atoms with Gasteiger partial charge in [-0.25, -0.2) is 0 Å². The second-order valence-corrected chi connectivity index (χ2v) is 5.30.